The molecule has 0 aliphatic carbocycles. The summed E-state index contributed by atoms with van der Waals surface area (Å²) in [6, 6.07) is 5.51. The largest absolute Gasteiger partial charge is 0.330 e. The maximum Gasteiger partial charge on any atom is 0.150 e. The van der Waals surface area contributed by atoms with Gasteiger partial charge in [-0.05, 0) is 48.9 Å². The predicted octanol–water partition coefficient (Wildman–Crippen LogP) is 2.55. The Kier molecular flexibility index (Phi) is 4.77. The highest BCUT2D eigenvalue weighted by Gasteiger charge is 2.33. The van der Waals surface area contributed by atoms with E-state index in [1.54, 1.807) is 6.07 Å². The lowest BCUT2D eigenvalue weighted by molar-refractivity contribution is 0.371. The number of sulfone groups is 1. The second kappa shape index (κ2) is 6.00. The maximum absolute atomic E-state index is 11.5. The van der Waals surface area contributed by atoms with Crippen molar-refractivity contribution in [1.29, 1.82) is 0 Å². The van der Waals surface area contributed by atoms with Crippen LogP contribution < -0.4 is 5.73 Å². The first-order chi connectivity index (χ1) is 8.91. The fraction of sp³-hybridized carbons (Fsp3) is 0.538. The summed E-state index contributed by atoms with van der Waals surface area (Å²) in [4.78, 5) is 0. The van der Waals surface area contributed by atoms with Gasteiger partial charge >= 0.3 is 0 Å². The molecule has 106 valence electrons. The molecule has 2 atom stereocenters. The Hall–Kier alpha value is -0.290. The molecular weight excluding hydrogens is 305 g/mol. The van der Waals surface area contributed by atoms with Gasteiger partial charge in [0.15, 0.2) is 9.84 Å². The number of rotatable bonds is 4. The molecule has 0 aromatic heterocycles. The third-order valence-corrected chi connectivity index (χ3v) is 6.25. The summed E-state index contributed by atoms with van der Waals surface area (Å²) in [6.07, 6.45) is 1.46. The minimum Gasteiger partial charge on any atom is -0.330 e. The Morgan fingerprint density at radius 3 is 2.58 bits per heavy atom. The minimum atomic E-state index is -2.86. The Bertz CT molecular complexity index is 560. The van der Waals surface area contributed by atoms with Gasteiger partial charge < -0.3 is 5.73 Å². The molecule has 1 aliphatic rings. The van der Waals surface area contributed by atoms with Crippen molar-refractivity contribution >= 4 is 33.0 Å². The third kappa shape index (κ3) is 3.85. The first-order valence-corrected chi connectivity index (χ1v) is 8.83. The van der Waals surface area contributed by atoms with E-state index >= 15 is 0 Å². The van der Waals surface area contributed by atoms with E-state index in [1.807, 2.05) is 12.1 Å². The zero-order chi connectivity index (χ0) is 14.0. The fourth-order valence-corrected chi connectivity index (χ4v) is 4.85. The highest BCUT2D eigenvalue weighted by atomic mass is 35.5. The number of benzene rings is 1. The van der Waals surface area contributed by atoms with Gasteiger partial charge in [0.2, 0.25) is 0 Å². The summed E-state index contributed by atoms with van der Waals surface area (Å²) in [7, 11) is -2.86. The Balaban J connectivity index is 2.09. The molecule has 19 heavy (non-hydrogen) atoms. The predicted molar refractivity (Wildman–Crippen MR) is 79.5 cm³/mol. The van der Waals surface area contributed by atoms with Crippen LogP contribution in [0.25, 0.3) is 0 Å². The van der Waals surface area contributed by atoms with E-state index in [-0.39, 0.29) is 23.3 Å². The molecule has 2 rings (SSSR count). The number of halogens is 2. The smallest absolute Gasteiger partial charge is 0.150 e. The van der Waals surface area contributed by atoms with Crippen LogP contribution in [0.3, 0.4) is 0 Å². The van der Waals surface area contributed by atoms with Crippen LogP contribution in [-0.2, 0) is 16.3 Å². The molecule has 1 saturated heterocycles. The molecule has 1 aromatic rings. The van der Waals surface area contributed by atoms with Crippen molar-refractivity contribution in [2.24, 2.45) is 17.6 Å². The van der Waals surface area contributed by atoms with Crippen LogP contribution in [0.5, 0.6) is 0 Å². The molecular formula is C13H17Cl2NO2S. The molecule has 3 nitrogen and oxygen atoms in total. The van der Waals surface area contributed by atoms with Crippen molar-refractivity contribution in [3.63, 3.8) is 0 Å². The van der Waals surface area contributed by atoms with Gasteiger partial charge in [-0.1, -0.05) is 29.3 Å². The topological polar surface area (TPSA) is 60.2 Å². The van der Waals surface area contributed by atoms with Gasteiger partial charge in [0.25, 0.3) is 0 Å². The number of nitrogens with two attached hydrogens (primary N) is 1. The SMILES string of the molecule is NCC(Cc1ccc(Cl)c(Cl)c1)C1CCS(=O)(=O)C1. The van der Waals surface area contributed by atoms with Crippen LogP contribution in [0.15, 0.2) is 18.2 Å². The van der Waals surface area contributed by atoms with Crippen molar-refractivity contribution in [2.45, 2.75) is 12.8 Å². The molecule has 1 aromatic carbocycles. The molecule has 0 bridgehead atoms. The molecule has 0 saturated carbocycles. The molecule has 2 unspecified atom stereocenters. The summed E-state index contributed by atoms with van der Waals surface area (Å²) in [5, 5.41) is 1.05. The lowest BCUT2D eigenvalue weighted by atomic mass is 9.86. The quantitative estimate of drug-likeness (QED) is 0.927. The van der Waals surface area contributed by atoms with Gasteiger partial charge in [-0.15, -0.1) is 0 Å². The van der Waals surface area contributed by atoms with Crippen LogP contribution in [0.2, 0.25) is 10.0 Å². The van der Waals surface area contributed by atoms with Gasteiger partial charge in [-0.25, -0.2) is 8.42 Å². The summed E-state index contributed by atoms with van der Waals surface area (Å²) >= 11 is 11.9. The Morgan fingerprint density at radius 2 is 2.05 bits per heavy atom. The summed E-state index contributed by atoms with van der Waals surface area (Å²) in [5.74, 6) is 0.880. The molecule has 1 fully saturated rings. The summed E-state index contributed by atoms with van der Waals surface area (Å²) in [6.45, 7) is 0.487. The average molecular weight is 322 g/mol. The van der Waals surface area contributed by atoms with E-state index in [2.05, 4.69) is 0 Å². The van der Waals surface area contributed by atoms with Crippen molar-refractivity contribution < 1.29 is 8.42 Å². The van der Waals surface area contributed by atoms with E-state index in [0.29, 0.717) is 23.0 Å². The number of hydrogen-bond donors (Lipinski definition) is 1. The second-order valence-corrected chi connectivity index (χ2v) is 8.15. The summed E-state index contributed by atoms with van der Waals surface area (Å²) in [5.41, 5.74) is 6.85. The molecule has 2 N–H and O–H groups in total. The van der Waals surface area contributed by atoms with Gasteiger partial charge in [0.1, 0.15) is 0 Å². The van der Waals surface area contributed by atoms with Crippen LogP contribution in [0, 0.1) is 11.8 Å². The standard InChI is InChI=1S/C13H17Cl2NO2S/c14-12-2-1-9(6-13(12)15)5-11(7-16)10-3-4-19(17,18)8-10/h1-2,6,10-11H,3-5,7-8,16H2. The molecule has 1 heterocycles. The highest BCUT2D eigenvalue weighted by molar-refractivity contribution is 7.91. The van der Waals surface area contributed by atoms with Gasteiger partial charge in [0, 0.05) is 0 Å². The summed E-state index contributed by atoms with van der Waals surface area (Å²) < 4.78 is 23.1. The monoisotopic (exact) mass is 321 g/mol. The van der Waals surface area contributed by atoms with Gasteiger partial charge in [-0.2, -0.15) is 0 Å². The third-order valence-electron chi connectivity index (χ3n) is 3.72. The Morgan fingerprint density at radius 1 is 1.32 bits per heavy atom. The second-order valence-electron chi connectivity index (χ2n) is 5.11. The first-order valence-electron chi connectivity index (χ1n) is 6.25. The molecule has 0 spiro atoms. The van der Waals surface area contributed by atoms with E-state index in [4.69, 9.17) is 28.9 Å². The first kappa shape index (κ1) is 15.1. The lowest BCUT2D eigenvalue weighted by Gasteiger charge is -2.21. The van der Waals surface area contributed by atoms with Crippen molar-refractivity contribution in [3.05, 3.63) is 33.8 Å². The van der Waals surface area contributed by atoms with E-state index in [1.165, 1.54) is 0 Å². The zero-order valence-corrected chi connectivity index (χ0v) is 12.8. The van der Waals surface area contributed by atoms with Crippen molar-refractivity contribution in [2.75, 3.05) is 18.1 Å². The van der Waals surface area contributed by atoms with E-state index in [0.717, 1.165) is 12.0 Å². The normalized spacial score (nSPS) is 23.4. The highest BCUT2D eigenvalue weighted by Crippen LogP contribution is 2.30. The van der Waals surface area contributed by atoms with Gasteiger partial charge in [-0.3, -0.25) is 0 Å². The number of hydrogen-bond acceptors (Lipinski definition) is 3. The average Bonchev–Trinajstić information content (AvgIpc) is 2.71. The van der Waals surface area contributed by atoms with E-state index < -0.39 is 9.84 Å². The van der Waals surface area contributed by atoms with Gasteiger partial charge in [0.05, 0.1) is 21.6 Å². The van der Waals surface area contributed by atoms with Crippen LogP contribution in [0.1, 0.15) is 12.0 Å². The molecule has 6 heteroatoms. The molecule has 0 radical (unpaired) electrons. The van der Waals surface area contributed by atoms with Crippen LogP contribution in [0.4, 0.5) is 0 Å². The fourth-order valence-electron chi connectivity index (χ4n) is 2.61. The maximum atomic E-state index is 11.5. The van der Waals surface area contributed by atoms with Crippen molar-refractivity contribution in [3.8, 4) is 0 Å². The van der Waals surface area contributed by atoms with Crippen LogP contribution >= 0.6 is 23.2 Å². The van der Waals surface area contributed by atoms with Crippen molar-refractivity contribution in [1.82, 2.24) is 0 Å². The lowest BCUT2D eigenvalue weighted by Crippen LogP contribution is -2.26. The minimum absolute atomic E-state index is 0.157. The zero-order valence-electron chi connectivity index (χ0n) is 10.5. The molecule has 1 aliphatic heterocycles. The molecule has 0 amide bonds. The van der Waals surface area contributed by atoms with Crippen LogP contribution in [-0.4, -0.2) is 26.5 Å². The van der Waals surface area contributed by atoms with E-state index in [9.17, 15) is 8.42 Å². The Labute approximate surface area is 124 Å².